The highest BCUT2D eigenvalue weighted by atomic mass is 16.5. The van der Waals surface area contributed by atoms with Crippen molar-refractivity contribution >= 4 is 5.91 Å². The van der Waals surface area contributed by atoms with Crippen molar-refractivity contribution in [3.05, 3.63) is 59.7 Å². The number of nitrogens with one attached hydrogen (secondary N) is 1. The van der Waals surface area contributed by atoms with Crippen LogP contribution in [0.15, 0.2) is 48.5 Å². The van der Waals surface area contributed by atoms with Gasteiger partial charge in [-0.05, 0) is 42.0 Å². The predicted octanol–water partition coefficient (Wildman–Crippen LogP) is 5.56. The minimum atomic E-state index is -0.240. The van der Waals surface area contributed by atoms with Crippen LogP contribution >= 0.6 is 0 Å². The summed E-state index contributed by atoms with van der Waals surface area (Å²) < 4.78 is 12.0. The Bertz CT molecular complexity index is 832. The zero-order valence-electron chi connectivity index (χ0n) is 18.2. The Kier molecular flexibility index (Phi) is 6.21. The van der Waals surface area contributed by atoms with Gasteiger partial charge in [0.05, 0.1) is 6.04 Å². The Hall–Kier alpha value is -2.49. The lowest BCUT2D eigenvalue weighted by Gasteiger charge is -2.41. The topological polar surface area (TPSA) is 47.6 Å². The van der Waals surface area contributed by atoms with Crippen molar-refractivity contribution in [3.8, 4) is 11.5 Å². The minimum Gasteiger partial charge on any atom is -0.487 e. The normalized spacial score (nSPS) is 17.8. The molecule has 1 heterocycles. The summed E-state index contributed by atoms with van der Waals surface area (Å²) in [5, 5.41) is 3.16. The van der Waals surface area contributed by atoms with Crippen molar-refractivity contribution < 1.29 is 14.3 Å². The molecule has 0 saturated carbocycles. The molecular formula is C25H33NO3. The number of amides is 1. The van der Waals surface area contributed by atoms with Crippen molar-refractivity contribution in [2.24, 2.45) is 0 Å². The van der Waals surface area contributed by atoms with Gasteiger partial charge in [-0.15, -0.1) is 0 Å². The first-order chi connectivity index (χ1) is 13.8. The molecule has 1 atom stereocenters. The first-order valence-corrected chi connectivity index (χ1v) is 10.6. The maximum atomic E-state index is 12.6. The fraction of sp³-hybridized carbons (Fsp3) is 0.480. The molecule has 0 unspecified atom stereocenters. The molecule has 0 bridgehead atoms. The number of hydrogen-bond acceptors (Lipinski definition) is 3. The van der Waals surface area contributed by atoms with Gasteiger partial charge in [0.15, 0.2) is 6.61 Å². The minimum absolute atomic E-state index is 0.000359. The van der Waals surface area contributed by atoms with Gasteiger partial charge in [-0.1, -0.05) is 65.0 Å². The molecule has 29 heavy (non-hydrogen) atoms. The first kappa shape index (κ1) is 21.2. The lowest BCUT2D eigenvalue weighted by atomic mass is 9.83. The van der Waals surface area contributed by atoms with Crippen LogP contribution in [0.2, 0.25) is 0 Å². The Morgan fingerprint density at radius 3 is 2.38 bits per heavy atom. The summed E-state index contributed by atoms with van der Waals surface area (Å²) in [6.45, 7) is 10.8. The predicted molar refractivity (Wildman–Crippen MR) is 117 cm³/mol. The zero-order chi connectivity index (χ0) is 21.1. The first-order valence-electron chi connectivity index (χ1n) is 10.6. The number of carbonyl (C=O) groups is 1. The highest BCUT2D eigenvalue weighted by Gasteiger charge is 2.38. The molecule has 156 valence electrons. The summed E-state index contributed by atoms with van der Waals surface area (Å²) in [7, 11) is 0. The molecule has 1 aliphatic rings. The Balaban J connectivity index is 1.65. The molecule has 1 aliphatic heterocycles. The van der Waals surface area contributed by atoms with Gasteiger partial charge in [0, 0.05) is 12.0 Å². The molecule has 1 N–H and O–H groups in total. The van der Waals surface area contributed by atoms with Crippen LogP contribution in [0.25, 0.3) is 0 Å². The summed E-state index contributed by atoms with van der Waals surface area (Å²) in [5.41, 5.74) is 2.13. The van der Waals surface area contributed by atoms with Crippen LogP contribution in [0.5, 0.6) is 11.5 Å². The Labute approximate surface area is 174 Å². The van der Waals surface area contributed by atoms with Gasteiger partial charge < -0.3 is 14.8 Å². The molecule has 4 heteroatoms. The Morgan fingerprint density at radius 2 is 1.76 bits per heavy atom. The number of carbonyl (C=O) groups excluding carboxylic acids is 1. The Morgan fingerprint density at radius 1 is 1.10 bits per heavy atom. The van der Waals surface area contributed by atoms with Crippen LogP contribution in [-0.4, -0.2) is 18.1 Å². The van der Waals surface area contributed by atoms with E-state index in [-0.39, 0.29) is 29.6 Å². The molecule has 0 radical (unpaired) electrons. The molecule has 0 aromatic heterocycles. The van der Waals surface area contributed by atoms with E-state index in [0.29, 0.717) is 5.75 Å². The van der Waals surface area contributed by atoms with E-state index < -0.39 is 0 Å². The molecule has 0 spiro atoms. The summed E-state index contributed by atoms with van der Waals surface area (Å²) >= 11 is 0. The van der Waals surface area contributed by atoms with E-state index in [4.69, 9.17) is 9.47 Å². The van der Waals surface area contributed by atoms with Crippen molar-refractivity contribution in [2.75, 3.05) is 6.61 Å². The SMILES string of the molecule is CCC1(CC)C[C@H](NC(=O)COc2ccc(C(C)(C)C)cc2)c2ccccc2O1. The van der Waals surface area contributed by atoms with E-state index in [1.807, 2.05) is 36.4 Å². The average Bonchev–Trinajstić information content (AvgIpc) is 2.71. The van der Waals surface area contributed by atoms with Crippen LogP contribution in [0, 0.1) is 0 Å². The number of benzene rings is 2. The smallest absolute Gasteiger partial charge is 0.258 e. The van der Waals surface area contributed by atoms with Crippen molar-refractivity contribution in [2.45, 2.75) is 70.9 Å². The fourth-order valence-electron chi connectivity index (χ4n) is 3.87. The summed E-state index contributed by atoms with van der Waals surface area (Å²) in [5.74, 6) is 1.45. The van der Waals surface area contributed by atoms with Crippen LogP contribution < -0.4 is 14.8 Å². The van der Waals surface area contributed by atoms with Gasteiger partial charge in [0.2, 0.25) is 0 Å². The van der Waals surface area contributed by atoms with Crippen molar-refractivity contribution in [3.63, 3.8) is 0 Å². The van der Waals surface area contributed by atoms with Crippen molar-refractivity contribution in [1.82, 2.24) is 5.32 Å². The quantitative estimate of drug-likeness (QED) is 0.696. The molecule has 0 fully saturated rings. The van der Waals surface area contributed by atoms with E-state index in [0.717, 1.165) is 30.6 Å². The number of hydrogen-bond donors (Lipinski definition) is 1. The highest BCUT2D eigenvalue weighted by Crippen LogP contribution is 2.42. The molecule has 0 aliphatic carbocycles. The van der Waals surface area contributed by atoms with Gasteiger partial charge in [-0.25, -0.2) is 0 Å². The maximum absolute atomic E-state index is 12.6. The number of ether oxygens (including phenoxy) is 2. The largest absolute Gasteiger partial charge is 0.487 e. The van der Waals surface area contributed by atoms with Crippen molar-refractivity contribution in [1.29, 1.82) is 0 Å². The zero-order valence-corrected chi connectivity index (χ0v) is 18.2. The molecule has 4 nitrogen and oxygen atoms in total. The van der Waals surface area contributed by atoms with Crippen LogP contribution in [0.1, 0.15) is 71.0 Å². The third-order valence-corrected chi connectivity index (χ3v) is 5.91. The number of rotatable bonds is 6. The molecule has 2 aromatic carbocycles. The lowest BCUT2D eigenvalue weighted by Crippen LogP contribution is -2.45. The van der Waals surface area contributed by atoms with E-state index in [2.05, 4.69) is 52.1 Å². The second kappa shape index (κ2) is 8.48. The van der Waals surface area contributed by atoms with Crippen LogP contribution in [0.3, 0.4) is 0 Å². The molecule has 0 saturated heterocycles. The number of fused-ring (bicyclic) bond motifs is 1. The number of para-hydroxylation sites is 1. The fourth-order valence-corrected chi connectivity index (χ4v) is 3.87. The van der Waals surface area contributed by atoms with Gasteiger partial charge in [0.25, 0.3) is 5.91 Å². The highest BCUT2D eigenvalue weighted by molar-refractivity contribution is 5.78. The summed E-state index contributed by atoms with van der Waals surface area (Å²) in [4.78, 5) is 12.6. The molecule has 3 rings (SSSR count). The van der Waals surface area contributed by atoms with Gasteiger partial charge in [-0.3, -0.25) is 4.79 Å². The third kappa shape index (κ3) is 4.92. The molecular weight excluding hydrogens is 362 g/mol. The standard InChI is InChI=1S/C25H33NO3/c1-6-25(7-2)16-21(20-10-8-9-11-22(20)29-25)26-23(27)17-28-19-14-12-18(13-15-19)24(3,4)5/h8-15,21H,6-7,16-17H2,1-5H3,(H,26,27)/t21-/m0/s1. The van der Waals surface area contributed by atoms with Gasteiger partial charge >= 0.3 is 0 Å². The van der Waals surface area contributed by atoms with E-state index in [1.54, 1.807) is 0 Å². The molecule has 1 amide bonds. The maximum Gasteiger partial charge on any atom is 0.258 e. The van der Waals surface area contributed by atoms with Crippen LogP contribution in [-0.2, 0) is 10.2 Å². The average molecular weight is 396 g/mol. The summed E-state index contributed by atoms with van der Waals surface area (Å²) in [6, 6.07) is 15.9. The molecule has 2 aromatic rings. The van der Waals surface area contributed by atoms with E-state index >= 15 is 0 Å². The monoisotopic (exact) mass is 395 g/mol. The second-order valence-corrected chi connectivity index (χ2v) is 8.92. The third-order valence-electron chi connectivity index (χ3n) is 5.91. The van der Waals surface area contributed by atoms with E-state index in [9.17, 15) is 4.79 Å². The van der Waals surface area contributed by atoms with Crippen LogP contribution in [0.4, 0.5) is 0 Å². The van der Waals surface area contributed by atoms with E-state index in [1.165, 1.54) is 5.56 Å². The van der Waals surface area contributed by atoms with Gasteiger partial charge in [-0.2, -0.15) is 0 Å². The van der Waals surface area contributed by atoms with Gasteiger partial charge in [0.1, 0.15) is 17.1 Å². The summed E-state index contributed by atoms with van der Waals surface area (Å²) in [6.07, 6.45) is 2.57. The lowest BCUT2D eigenvalue weighted by molar-refractivity contribution is -0.124. The second-order valence-electron chi connectivity index (χ2n) is 8.92.